The van der Waals surface area contributed by atoms with Gasteiger partial charge in [0, 0.05) is 42.4 Å². The number of aromatic nitrogens is 2. The van der Waals surface area contributed by atoms with Crippen molar-refractivity contribution >= 4 is 34.8 Å². The van der Waals surface area contributed by atoms with Gasteiger partial charge in [-0.2, -0.15) is 17.7 Å². The SMILES string of the molecule is CC(C)(CC(O)(C[N+]1=CC(=O)C(=O)c2sccc21)C(F)(F)F)c1cc(-c2cncnc2)cc2c1OCC2. The Hall–Kier alpha value is -3.44. The molecule has 1 atom stereocenters. The zero-order valence-corrected chi connectivity index (χ0v) is 20.8. The van der Waals surface area contributed by atoms with E-state index in [9.17, 15) is 27.9 Å². The lowest BCUT2D eigenvalue weighted by Gasteiger charge is -2.37. The number of Topliss-reactive ketones (excluding diaryl/α,β-unsaturated/α-hetero) is 2. The summed E-state index contributed by atoms with van der Waals surface area (Å²) in [7, 11) is 0. The summed E-state index contributed by atoms with van der Waals surface area (Å²) in [5.74, 6) is -1.19. The van der Waals surface area contributed by atoms with Crippen molar-refractivity contribution in [1.82, 2.24) is 9.97 Å². The molecule has 0 saturated carbocycles. The minimum Gasteiger partial charge on any atom is -0.493 e. The van der Waals surface area contributed by atoms with Gasteiger partial charge in [0.05, 0.1) is 6.61 Å². The molecule has 4 heterocycles. The molecule has 2 aromatic heterocycles. The van der Waals surface area contributed by atoms with Crippen molar-refractivity contribution in [2.24, 2.45) is 0 Å². The topological polar surface area (TPSA) is 92.4 Å². The highest BCUT2D eigenvalue weighted by atomic mass is 32.1. The van der Waals surface area contributed by atoms with E-state index in [1.807, 2.05) is 6.07 Å². The second-order valence-corrected chi connectivity index (χ2v) is 10.8. The Morgan fingerprint density at radius 3 is 2.57 bits per heavy atom. The maximum atomic E-state index is 14.5. The van der Waals surface area contributed by atoms with Gasteiger partial charge in [-0.15, -0.1) is 11.3 Å². The number of carbonyl (C=O) groups excluding carboxylic acids is 2. The Kier molecular flexibility index (Phi) is 6.03. The number of rotatable bonds is 6. The minimum absolute atomic E-state index is 0.0558. The van der Waals surface area contributed by atoms with E-state index in [0.717, 1.165) is 33.3 Å². The summed E-state index contributed by atoms with van der Waals surface area (Å²) in [5.41, 5.74) is -1.44. The molecule has 1 N–H and O–H groups in total. The molecule has 192 valence electrons. The Bertz CT molecular complexity index is 1430. The molecule has 0 bridgehead atoms. The van der Waals surface area contributed by atoms with E-state index < -0.39 is 41.7 Å². The van der Waals surface area contributed by atoms with Gasteiger partial charge in [0.1, 0.15) is 12.1 Å². The number of β-amino-alcohol motifs (C(OH)–C–C–N with tert-alkyl or cyclic N) is 1. The molecule has 5 rings (SSSR count). The molecule has 0 radical (unpaired) electrons. The average Bonchev–Trinajstić information content (AvgIpc) is 3.51. The predicted molar refractivity (Wildman–Crippen MR) is 130 cm³/mol. The van der Waals surface area contributed by atoms with Crippen molar-refractivity contribution in [3.8, 4) is 16.9 Å². The molecule has 2 aliphatic heterocycles. The van der Waals surface area contributed by atoms with Gasteiger partial charge < -0.3 is 9.84 Å². The van der Waals surface area contributed by atoms with Crippen LogP contribution < -0.4 is 4.74 Å². The number of halogens is 3. The summed E-state index contributed by atoms with van der Waals surface area (Å²) in [6.45, 7) is 2.70. The van der Waals surface area contributed by atoms with Crippen LogP contribution in [-0.2, 0) is 16.6 Å². The number of benzene rings is 1. The van der Waals surface area contributed by atoms with Crippen LogP contribution in [0.15, 0.2) is 42.3 Å². The van der Waals surface area contributed by atoms with Gasteiger partial charge in [0.2, 0.25) is 17.5 Å². The molecule has 1 unspecified atom stereocenters. The maximum Gasteiger partial charge on any atom is 0.423 e. The molecule has 11 heteroatoms. The lowest BCUT2D eigenvalue weighted by molar-refractivity contribution is -0.480. The van der Waals surface area contributed by atoms with E-state index in [1.165, 1.54) is 17.8 Å². The standard InChI is InChI=1S/C26H23F3N3O4S/c1-24(2,18-8-16(17-9-30-14-31-10-17)7-15-3-5-36-22(15)18)12-25(35,26(27,28)29)13-32-11-20(33)21(34)23-19(32)4-6-37-23/h4,6-11,14,35H,3,5,12-13H2,1-2H3/q+1. The van der Waals surface area contributed by atoms with Crippen molar-refractivity contribution < 1.29 is 37.2 Å². The molecule has 0 saturated heterocycles. The third-order valence-electron chi connectivity index (χ3n) is 6.76. The van der Waals surface area contributed by atoms with Gasteiger partial charge >= 0.3 is 6.18 Å². The fraction of sp³-hybridized carbons (Fsp3) is 0.346. The highest BCUT2D eigenvalue weighted by Crippen LogP contribution is 2.47. The zero-order chi connectivity index (χ0) is 26.6. The van der Waals surface area contributed by atoms with Gasteiger partial charge in [0.25, 0.3) is 11.6 Å². The van der Waals surface area contributed by atoms with Crippen LogP contribution in [0.4, 0.5) is 18.9 Å². The molecule has 0 fully saturated rings. The van der Waals surface area contributed by atoms with Crippen LogP contribution in [0, 0.1) is 0 Å². The molecule has 37 heavy (non-hydrogen) atoms. The molecular formula is C26H23F3N3O4S+. The monoisotopic (exact) mass is 530 g/mol. The van der Waals surface area contributed by atoms with Crippen LogP contribution in [-0.4, -0.2) is 62.4 Å². The first kappa shape index (κ1) is 25.2. The van der Waals surface area contributed by atoms with Crippen molar-refractivity contribution in [1.29, 1.82) is 0 Å². The van der Waals surface area contributed by atoms with Crippen LogP contribution in [0.1, 0.15) is 41.1 Å². The van der Waals surface area contributed by atoms with Crippen molar-refractivity contribution in [3.05, 3.63) is 58.3 Å². The number of hydrogen-bond acceptors (Lipinski definition) is 7. The van der Waals surface area contributed by atoms with E-state index >= 15 is 0 Å². The number of ether oxygens (including phenoxy) is 1. The Morgan fingerprint density at radius 2 is 1.86 bits per heavy atom. The zero-order valence-electron chi connectivity index (χ0n) is 20.0. The number of thiophene rings is 1. The van der Waals surface area contributed by atoms with Gasteiger partial charge in [-0.25, -0.2) is 9.97 Å². The average molecular weight is 531 g/mol. The molecule has 2 aliphatic rings. The molecule has 1 aromatic carbocycles. The fourth-order valence-corrected chi connectivity index (χ4v) is 5.84. The van der Waals surface area contributed by atoms with Gasteiger partial charge in [-0.1, -0.05) is 13.8 Å². The maximum absolute atomic E-state index is 14.5. The van der Waals surface area contributed by atoms with Gasteiger partial charge in [0.15, 0.2) is 11.4 Å². The first-order chi connectivity index (χ1) is 17.4. The van der Waals surface area contributed by atoms with Crippen LogP contribution in [0.25, 0.3) is 11.1 Å². The lowest BCUT2D eigenvalue weighted by Crippen LogP contribution is -2.54. The Morgan fingerprint density at radius 1 is 1.14 bits per heavy atom. The Balaban J connectivity index is 1.55. The molecule has 7 nitrogen and oxygen atoms in total. The quantitative estimate of drug-likeness (QED) is 0.378. The molecular weight excluding hydrogens is 507 g/mol. The Labute approximate surface area is 214 Å². The molecule has 0 spiro atoms. The smallest absolute Gasteiger partial charge is 0.423 e. The largest absolute Gasteiger partial charge is 0.493 e. The number of hydrogen-bond donors (Lipinski definition) is 1. The lowest BCUT2D eigenvalue weighted by atomic mass is 9.73. The van der Waals surface area contributed by atoms with Crippen LogP contribution in [0.5, 0.6) is 5.75 Å². The first-order valence-electron chi connectivity index (χ1n) is 11.5. The van der Waals surface area contributed by atoms with Crippen LogP contribution >= 0.6 is 11.3 Å². The number of ketones is 2. The highest BCUT2D eigenvalue weighted by Gasteiger charge is 2.60. The first-order valence-corrected chi connectivity index (χ1v) is 12.4. The second kappa shape index (κ2) is 8.84. The third-order valence-corrected chi connectivity index (χ3v) is 7.66. The summed E-state index contributed by atoms with van der Waals surface area (Å²) in [5, 5.41) is 12.7. The van der Waals surface area contributed by atoms with Crippen molar-refractivity contribution in [2.45, 2.75) is 43.9 Å². The number of fused-ring (bicyclic) bond motifs is 2. The van der Waals surface area contributed by atoms with E-state index in [4.69, 9.17) is 4.74 Å². The predicted octanol–water partition coefficient (Wildman–Crippen LogP) is 4.28. The van der Waals surface area contributed by atoms with E-state index in [-0.39, 0.29) is 10.6 Å². The molecule has 0 amide bonds. The van der Waals surface area contributed by atoms with Crippen LogP contribution in [0.3, 0.4) is 0 Å². The summed E-state index contributed by atoms with van der Waals surface area (Å²) in [6.07, 6.45) is 0.310. The number of alkyl halides is 3. The van der Waals surface area contributed by atoms with Gasteiger partial charge in [-0.05, 0) is 34.1 Å². The molecule has 0 aliphatic carbocycles. The second-order valence-electron chi connectivity index (χ2n) is 9.91. The number of aliphatic hydroxyl groups is 1. The summed E-state index contributed by atoms with van der Waals surface area (Å²) in [4.78, 5) is 32.5. The number of carbonyl (C=O) groups is 2. The van der Waals surface area contributed by atoms with Crippen molar-refractivity contribution in [3.63, 3.8) is 0 Å². The van der Waals surface area contributed by atoms with Crippen LogP contribution in [0.2, 0.25) is 0 Å². The summed E-state index contributed by atoms with van der Waals surface area (Å²) in [6, 6.07) is 5.14. The third kappa shape index (κ3) is 4.46. The molecule has 3 aromatic rings. The van der Waals surface area contributed by atoms with Crippen molar-refractivity contribution in [2.75, 3.05) is 13.2 Å². The summed E-state index contributed by atoms with van der Waals surface area (Å²) < 4.78 is 50.4. The minimum atomic E-state index is -5.03. The fourth-order valence-electron chi connectivity index (χ4n) is 4.99. The van der Waals surface area contributed by atoms with E-state index in [2.05, 4.69) is 9.97 Å². The normalized spacial score (nSPS) is 17.1. The number of nitrogens with zero attached hydrogens (tertiary/aromatic N) is 3. The van der Waals surface area contributed by atoms with Gasteiger partial charge in [-0.3, -0.25) is 9.59 Å². The highest BCUT2D eigenvalue weighted by molar-refractivity contribution is 7.14. The van der Waals surface area contributed by atoms with E-state index in [1.54, 1.807) is 32.3 Å². The summed E-state index contributed by atoms with van der Waals surface area (Å²) >= 11 is 0.976. The van der Waals surface area contributed by atoms with E-state index in [0.29, 0.717) is 29.9 Å².